The lowest BCUT2D eigenvalue weighted by Gasteiger charge is -2.31. The van der Waals surface area contributed by atoms with Crippen molar-refractivity contribution >= 4 is 44.8 Å². The molecule has 0 saturated carbocycles. The van der Waals surface area contributed by atoms with E-state index in [-0.39, 0.29) is 17.2 Å². The predicted octanol–water partition coefficient (Wildman–Crippen LogP) is 1.04. The number of carbonyl (C=O) groups is 3. The molecule has 10 nitrogen and oxygen atoms in total. The van der Waals surface area contributed by atoms with E-state index in [0.717, 1.165) is 4.90 Å². The third kappa shape index (κ3) is 4.05. The van der Waals surface area contributed by atoms with E-state index in [1.54, 1.807) is 37.3 Å². The highest BCUT2D eigenvalue weighted by Crippen LogP contribution is 2.33. The zero-order valence-electron chi connectivity index (χ0n) is 16.7. The highest BCUT2D eigenvalue weighted by atomic mass is 32.2. The Morgan fingerprint density at radius 2 is 1.74 bits per heavy atom. The number of esters is 1. The summed E-state index contributed by atoms with van der Waals surface area (Å²) in [5.74, 6) is -2.71. The number of Topliss-reactive ketones (excluding diaryl/α,β-unsaturated/α-hetero) is 1. The molecule has 1 atom stereocenters. The minimum Gasteiger partial charge on any atom is -0.464 e. The van der Waals surface area contributed by atoms with Crippen LogP contribution in [0.3, 0.4) is 0 Å². The lowest BCUT2D eigenvalue weighted by molar-refractivity contribution is -0.147. The van der Waals surface area contributed by atoms with E-state index < -0.39 is 33.2 Å². The summed E-state index contributed by atoms with van der Waals surface area (Å²) < 4.78 is 27.9. The average Bonchev–Trinajstić information content (AvgIpc) is 2.93. The molecule has 2 aromatic carbocycles. The number of hydrogen-bond acceptors (Lipinski definition) is 8. The molecule has 162 valence electrons. The van der Waals surface area contributed by atoms with Gasteiger partial charge in [0.05, 0.1) is 17.2 Å². The molecule has 1 fully saturated rings. The van der Waals surface area contributed by atoms with Crippen LogP contribution in [-0.2, 0) is 29.1 Å². The molecule has 2 aromatic rings. The Bertz CT molecular complexity index is 1160. The van der Waals surface area contributed by atoms with Crippen LogP contribution in [0.15, 0.2) is 64.6 Å². The Balaban J connectivity index is 2.03. The standard InChI is InChI=1S/C20H20N4O6S/c1-3-30-19(27)20(2)17(16(25)18(26)24(20)14-7-5-4-6-8-14)23-22-13-9-11-15(12-10-13)31(21,28)29/h4-12,22H,3H2,1-2H3,(H2,21,28,29)/b23-17-. The highest BCUT2D eigenvalue weighted by Gasteiger charge is 2.60. The number of hydrogen-bond donors (Lipinski definition) is 2. The summed E-state index contributed by atoms with van der Waals surface area (Å²) in [6, 6.07) is 13.5. The first kappa shape index (κ1) is 22.1. The fourth-order valence-corrected chi connectivity index (χ4v) is 3.66. The predicted molar refractivity (Wildman–Crippen MR) is 113 cm³/mol. The quantitative estimate of drug-likeness (QED) is 0.384. The van der Waals surface area contributed by atoms with E-state index in [4.69, 9.17) is 9.88 Å². The summed E-state index contributed by atoms with van der Waals surface area (Å²) in [4.78, 5) is 39.3. The maximum atomic E-state index is 12.9. The van der Waals surface area contributed by atoms with Crippen molar-refractivity contribution in [2.24, 2.45) is 10.2 Å². The summed E-state index contributed by atoms with van der Waals surface area (Å²) in [6.07, 6.45) is 0. The molecule has 0 radical (unpaired) electrons. The minimum atomic E-state index is -3.87. The van der Waals surface area contributed by atoms with Crippen molar-refractivity contribution in [3.05, 3.63) is 54.6 Å². The molecular weight excluding hydrogens is 424 g/mol. The van der Waals surface area contributed by atoms with Crippen LogP contribution in [0.1, 0.15) is 13.8 Å². The van der Waals surface area contributed by atoms with Crippen LogP contribution in [0.5, 0.6) is 0 Å². The average molecular weight is 444 g/mol. The fourth-order valence-electron chi connectivity index (χ4n) is 3.14. The second-order valence-corrected chi connectivity index (χ2v) is 8.30. The molecule has 1 aliphatic rings. The number of nitrogens with zero attached hydrogens (tertiary/aromatic N) is 2. The zero-order chi connectivity index (χ0) is 22.8. The highest BCUT2D eigenvalue weighted by molar-refractivity contribution is 7.89. The molecule has 11 heteroatoms. The van der Waals surface area contributed by atoms with Gasteiger partial charge >= 0.3 is 11.9 Å². The molecule has 0 aliphatic carbocycles. The van der Waals surface area contributed by atoms with Crippen molar-refractivity contribution in [2.45, 2.75) is 24.3 Å². The van der Waals surface area contributed by atoms with E-state index in [1.165, 1.54) is 31.2 Å². The number of rotatable bonds is 6. The van der Waals surface area contributed by atoms with E-state index in [0.29, 0.717) is 11.4 Å². The number of benzene rings is 2. The number of carbonyl (C=O) groups excluding carboxylic acids is 3. The smallest absolute Gasteiger partial charge is 0.338 e. The summed E-state index contributed by atoms with van der Waals surface area (Å²) >= 11 is 0. The normalized spacial score (nSPS) is 20.2. The third-order valence-corrected chi connectivity index (χ3v) is 5.62. The molecule has 0 bridgehead atoms. The molecule has 1 heterocycles. The van der Waals surface area contributed by atoms with E-state index in [2.05, 4.69) is 10.5 Å². The number of sulfonamides is 1. The Morgan fingerprint density at radius 1 is 1.13 bits per heavy atom. The first-order chi connectivity index (χ1) is 14.6. The summed E-state index contributed by atoms with van der Waals surface area (Å²) in [6.45, 7) is 3.02. The number of amides is 1. The second kappa shape index (κ2) is 8.28. The molecule has 1 saturated heterocycles. The lowest BCUT2D eigenvalue weighted by atomic mass is 9.95. The van der Waals surface area contributed by atoms with Crippen LogP contribution < -0.4 is 15.5 Å². The Morgan fingerprint density at radius 3 is 2.29 bits per heavy atom. The maximum absolute atomic E-state index is 12.9. The SMILES string of the molecule is CCOC(=O)C1(C)/C(=N\Nc2ccc(S(N)(=O)=O)cc2)C(=O)C(=O)N1c1ccccc1. The van der Waals surface area contributed by atoms with Gasteiger partial charge in [-0.15, -0.1) is 0 Å². The molecule has 1 amide bonds. The number of nitrogens with two attached hydrogens (primary N) is 1. The van der Waals surface area contributed by atoms with Crippen LogP contribution in [0.2, 0.25) is 0 Å². The number of primary sulfonamides is 1. The number of ether oxygens (including phenoxy) is 1. The van der Waals surface area contributed by atoms with E-state index in [9.17, 15) is 22.8 Å². The van der Waals surface area contributed by atoms with Crippen LogP contribution in [0.4, 0.5) is 11.4 Å². The van der Waals surface area contributed by atoms with Crippen molar-refractivity contribution in [3.63, 3.8) is 0 Å². The van der Waals surface area contributed by atoms with Gasteiger partial charge in [-0.1, -0.05) is 18.2 Å². The molecule has 3 rings (SSSR count). The Hall–Kier alpha value is -3.57. The van der Waals surface area contributed by atoms with Gasteiger partial charge in [-0.25, -0.2) is 18.4 Å². The maximum Gasteiger partial charge on any atom is 0.338 e. The van der Waals surface area contributed by atoms with E-state index in [1.807, 2.05) is 0 Å². The molecule has 3 N–H and O–H groups in total. The Kier molecular flexibility index (Phi) is 5.91. The van der Waals surface area contributed by atoms with Gasteiger partial charge in [0.15, 0.2) is 11.3 Å². The first-order valence-corrected chi connectivity index (χ1v) is 10.7. The molecule has 1 aliphatic heterocycles. The van der Waals surface area contributed by atoms with E-state index >= 15 is 0 Å². The fraction of sp³-hybridized carbons (Fsp3) is 0.200. The van der Waals surface area contributed by atoms with Crippen LogP contribution >= 0.6 is 0 Å². The van der Waals surface area contributed by atoms with Gasteiger partial charge in [-0.3, -0.25) is 19.9 Å². The van der Waals surface area contributed by atoms with Gasteiger partial charge in [-0.05, 0) is 50.2 Å². The molecular formula is C20H20N4O6S. The summed E-state index contributed by atoms with van der Waals surface area (Å²) in [7, 11) is -3.87. The number of anilines is 2. The van der Waals surface area contributed by atoms with Crippen LogP contribution in [0.25, 0.3) is 0 Å². The third-order valence-electron chi connectivity index (χ3n) is 4.69. The van der Waals surface area contributed by atoms with Gasteiger partial charge in [0.25, 0.3) is 5.78 Å². The van der Waals surface area contributed by atoms with Gasteiger partial charge in [-0.2, -0.15) is 5.10 Å². The molecule has 0 aromatic heterocycles. The zero-order valence-corrected chi connectivity index (χ0v) is 17.5. The molecule has 0 spiro atoms. The van der Waals surface area contributed by atoms with Gasteiger partial charge < -0.3 is 4.74 Å². The van der Waals surface area contributed by atoms with Crippen molar-refractivity contribution in [3.8, 4) is 0 Å². The summed E-state index contributed by atoms with van der Waals surface area (Å²) in [5, 5.41) is 9.09. The monoisotopic (exact) mass is 444 g/mol. The molecule has 1 unspecified atom stereocenters. The van der Waals surface area contributed by atoms with Gasteiger partial charge in [0, 0.05) is 5.69 Å². The molecule has 31 heavy (non-hydrogen) atoms. The van der Waals surface area contributed by atoms with Crippen molar-refractivity contribution in [2.75, 3.05) is 16.9 Å². The summed E-state index contributed by atoms with van der Waals surface area (Å²) in [5.41, 5.74) is 1.07. The van der Waals surface area contributed by atoms with Crippen molar-refractivity contribution in [1.82, 2.24) is 0 Å². The number of ketones is 1. The first-order valence-electron chi connectivity index (χ1n) is 9.19. The number of nitrogens with one attached hydrogen (secondary N) is 1. The number of para-hydroxylation sites is 1. The van der Waals surface area contributed by atoms with Crippen LogP contribution in [0, 0.1) is 0 Å². The van der Waals surface area contributed by atoms with Gasteiger partial charge in [0.2, 0.25) is 10.0 Å². The van der Waals surface area contributed by atoms with Crippen LogP contribution in [-0.4, -0.2) is 43.9 Å². The largest absolute Gasteiger partial charge is 0.464 e. The van der Waals surface area contributed by atoms with Gasteiger partial charge in [0.1, 0.15) is 0 Å². The lowest BCUT2D eigenvalue weighted by Crippen LogP contribution is -2.55. The van der Waals surface area contributed by atoms with Crippen molar-refractivity contribution in [1.29, 1.82) is 0 Å². The minimum absolute atomic E-state index is 0.0369. The topological polar surface area (TPSA) is 148 Å². The van der Waals surface area contributed by atoms with Crippen molar-refractivity contribution < 1.29 is 27.5 Å². The Labute approximate surface area is 178 Å². The second-order valence-electron chi connectivity index (χ2n) is 6.74. The number of hydrazone groups is 1.